The van der Waals surface area contributed by atoms with Gasteiger partial charge < -0.3 is 14.4 Å². The maximum absolute atomic E-state index is 13.0. The van der Waals surface area contributed by atoms with Gasteiger partial charge in [0.2, 0.25) is 0 Å². The molecule has 7 nitrogen and oxygen atoms in total. The molecule has 1 atom stereocenters. The smallest absolute Gasteiger partial charge is 0.263 e. The molecule has 198 valence electrons. The first-order chi connectivity index (χ1) is 18.7. The van der Waals surface area contributed by atoms with Crippen LogP contribution in [0, 0.1) is 0 Å². The minimum Gasteiger partial charge on any atom is -0.490 e. The van der Waals surface area contributed by atoms with E-state index in [1.807, 2.05) is 47.6 Å². The van der Waals surface area contributed by atoms with Gasteiger partial charge >= 0.3 is 0 Å². The van der Waals surface area contributed by atoms with Crippen LogP contribution in [0.2, 0.25) is 0 Å². The van der Waals surface area contributed by atoms with E-state index in [-0.39, 0.29) is 12.0 Å². The molecule has 3 aliphatic rings. The number of para-hydroxylation sites is 1. The first-order valence-corrected chi connectivity index (χ1v) is 13.8. The molecule has 0 aliphatic carbocycles. The maximum atomic E-state index is 13.0. The number of benzene rings is 2. The van der Waals surface area contributed by atoms with Gasteiger partial charge in [0, 0.05) is 84.0 Å². The van der Waals surface area contributed by atoms with E-state index in [0.717, 1.165) is 69.2 Å². The van der Waals surface area contributed by atoms with Crippen LogP contribution in [-0.2, 0) is 24.3 Å². The summed E-state index contributed by atoms with van der Waals surface area (Å²) < 4.78 is 12.3. The number of aromatic nitrogens is 1. The van der Waals surface area contributed by atoms with Crippen molar-refractivity contribution in [1.82, 2.24) is 19.7 Å². The molecule has 1 aromatic heterocycles. The standard InChI is InChI=1S/C31H36N4O3/c36-31(30-20-26-7-1-2-9-29(26)38-30)35-13-10-27(11-14-35)37-28-8-3-5-24(19-28)22-33-15-17-34(18-16-33)23-25-6-4-12-32-21-25/h1-9,12,19,21,27,30H,10-11,13-18,20,22-23H2. The third kappa shape index (κ3) is 6.00. The summed E-state index contributed by atoms with van der Waals surface area (Å²) in [5, 5.41) is 0. The van der Waals surface area contributed by atoms with Gasteiger partial charge in [0.1, 0.15) is 17.6 Å². The summed E-state index contributed by atoms with van der Waals surface area (Å²) in [5.74, 6) is 1.87. The van der Waals surface area contributed by atoms with Crippen molar-refractivity contribution in [3.8, 4) is 11.5 Å². The molecule has 0 radical (unpaired) electrons. The van der Waals surface area contributed by atoms with Gasteiger partial charge in [-0.05, 0) is 41.0 Å². The van der Waals surface area contributed by atoms with Crippen molar-refractivity contribution in [2.24, 2.45) is 0 Å². The van der Waals surface area contributed by atoms with Crippen LogP contribution in [-0.4, -0.2) is 77.1 Å². The van der Waals surface area contributed by atoms with E-state index >= 15 is 0 Å². The lowest BCUT2D eigenvalue weighted by molar-refractivity contribution is -0.139. The Bertz CT molecular complexity index is 1200. The van der Waals surface area contributed by atoms with E-state index in [9.17, 15) is 4.79 Å². The number of piperidine rings is 1. The minimum absolute atomic E-state index is 0.0992. The van der Waals surface area contributed by atoms with Gasteiger partial charge in [0.25, 0.3) is 5.91 Å². The van der Waals surface area contributed by atoms with Crippen molar-refractivity contribution in [3.63, 3.8) is 0 Å². The molecule has 7 heteroatoms. The van der Waals surface area contributed by atoms with Crippen LogP contribution in [0.5, 0.6) is 11.5 Å². The second-order valence-electron chi connectivity index (χ2n) is 10.6. The Morgan fingerprint density at radius 2 is 1.61 bits per heavy atom. The third-order valence-corrected chi connectivity index (χ3v) is 7.88. The fraction of sp³-hybridized carbons (Fsp3) is 0.419. The van der Waals surface area contributed by atoms with E-state index in [1.165, 1.54) is 11.1 Å². The Morgan fingerprint density at radius 1 is 0.868 bits per heavy atom. The second-order valence-corrected chi connectivity index (χ2v) is 10.6. The lowest BCUT2D eigenvalue weighted by Gasteiger charge is -2.35. The first kappa shape index (κ1) is 24.9. The zero-order chi connectivity index (χ0) is 25.7. The molecule has 4 heterocycles. The summed E-state index contributed by atoms with van der Waals surface area (Å²) in [4.78, 5) is 24.2. The van der Waals surface area contributed by atoms with Crippen molar-refractivity contribution >= 4 is 5.91 Å². The number of hydrogen-bond donors (Lipinski definition) is 0. The number of rotatable bonds is 7. The van der Waals surface area contributed by atoms with Crippen LogP contribution >= 0.6 is 0 Å². The third-order valence-electron chi connectivity index (χ3n) is 7.88. The zero-order valence-electron chi connectivity index (χ0n) is 21.9. The second kappa shape index (κ2) is 11.5. The van der Waals surface area contributed by atoms with Crippen LogP contribution in [0.3, 0.4) is 0 Å². The van der Waals surface area contributed by atoms with Crippen molar-refractivity contribution < 1.29 is 14.3 Å². The highest BCUT2D eigenvalue weighted by Crippen LogP contribution is 2.30. The molecule has 0 saturated carbocycles. The van der Waals surface area contributed by atoms with E-state index in [1.54, 1.807) is 0 Å². The Labute approximate surface area is 225 Å². The highest BCUT2D eigenvalue weighted by molar-refractivity contribution is 5.82. The maximum Gasteiger partial charge on any atom is 0.263 e. The Balaban J connectivity index is 0.947. The van der Waals surface area contributed by atoms with E-state index in [0.29, 0.717) is 19.5 Å². The summed E-state index contributed by atoms with van der Waals surface area (Å²) in [6.45, 7) is 7.60. The number of likely N-dealkylation sites (tertiary alicyclic amines) is 1. The fourth-order valence-corrected chi connectivity index (χ4v) is 5.74. The molecule has 6 rings (SSSR count). The number of fused-ring (bicyclic) bond motifs is 1. The van der Waals surface area contributed by atoms with Crippen LogP contribution < -0.4 is 9.47 Å². The number of ether oxygens (including phenoxy) is 2. The summed E-state index contributed by atoms with van der Waals surface area (Å²) >= 11 is 0. The Kier molecular flexibility index (Phi) is 7.56. The van der Waals surface area contributed by atoms with E-state index in [4.69, 9.17) is 9.47 Å². The molecule has 0 bridgehead atoms. The van der Waals surface area contributed by atoms with Crippen molar-refractivity contribution in [2.45, 2.75) is 44.6 Å². The topological polar surface area (TPSA) is 58.1 Å². The van der Waals surface area contributed by atoms with Gasteiger partial charge in [-0.3, -0.25) is 19.6 Å². The number of carbonyl (C=O) groups excluding carboxylic acids is 1. The van der Waals surface area contributed by atoms with Gasteiger partial charge in [0.15, 0.2) is 6.10 Å². The Morgan fingerprint density at radius 3 is 2.34 bits per heavy atom. The summed E-state index contributed by atoms with van der Waals surface area (Å²) in [6.07, 6.45) is 5.88. The molecule has 1 unspecified atom stereocenters. The molecular weight excluding hydrogens is 476 g/mol. The number of nitrogens with zero attached hydrogens (tertiary/aromatic N) is 4. The number of carbonyl (C=O) groups is 1. The number of pyridine rings is 1. The van der Waals surface area contributed by atoms with Crippen molar-refractivity contribution in [2.75, 3.05) is 39.3 Å². The molecule has 2 fully saturated rings. The molecule has 3 aromatic rings. The highest BCUT2D eigenvalue weighted by atomic mass is 16.5. The quantitative estimate of drug-likeness (QED) is 0.480. The largest absolute Gasteiger partial charge is 0.490 e. The number of amides is 1. The van der Waals surface area contributed by atoms with Gasteiger partial charge in [-0.15, -0.1) is 0 Å². The predicted octanol–water partition coefficient (Wildman–Crippen LogP) is 3.77. The van der Waals surface area contributed by atoms with Crippen LogP contribution in [0.25, 0.3) is 0 Å². The SMILES string of the molecule is O=C(C1Cc2ccccc2O1)N1CCC(Oc2cccc(CN3CCN(Cc4cccnc4)CC3)c2)CC1. The van der Waals surface area contributed by atoms with Crippen LogP contribution in [0.1, 0.15) is 29.5 Å². The average molecular weight is 513 g/mol. The summed E-state index contributed by atoms with van der Waals surface area (Å²) in [6, 6.07) is 20.6. The normalized spacial score (nSPS) is 20.6. The molecular formula is C31H36N4O3. The lowest BCUT2D eigenvalue weighted by Crippen LogP contribution is -2.47. The first-order valence-electron chi connectivity index (χ1n) is 13.8. The minimum atomic E-state index is -0.390. The summed E-state index contributed by atoms with van der Waals surface area (Å²) in [5.41, 5.74) is 3.68. The zero-order valence-corrected chi connectivity index (χ0v) is 21.9. The average Bonchev–Trinajstić information content (AvgIpc) is 3.40. The molecule has 3 aliphatic heterocycles. The van der Waals surface area contributed by atoms with E-state index < -0.39 is 6.10 Å². The molecule has 1 amide bonds. The molecule has 2 aromatic carbocycles. The monoisotopic (exact) mass is 512 g/mol. The number of hydrogen-bond acceptors (Lipinski definition) is 6. The molecule has 0 N–H and O–H groups in total. The van der Waals surface area contributed by atoms with Gasteiger partial charge in [0.05, 0.1) is 0 Å². The predicted molar refractivity (Wildman–Crippen MR) is 146 cm³/mol. The lowest BCUT2D eigenvalue weighted by atomic mass is 10.1. The highest BCUT2D eigenvalue weighted by Gasteiger charge is 2.34. The number of piperazine rings is 1. The van der Waals surface area contributed by atoms with Gasteiger partial charge in [-0.25, -0.2) is 0 Å². The van der Waals surface area contributed by atoms with Crippen LogP contribution in [0.4, 0.5) is 0 Å². The summed E-state index contributed by atoms with van der Waals surface area (Å²) in [7, 11) is 0. The van der Waals surface area contributed by atoms with Gasteiger partial charge in [-0.2, -0.15) is 0 Å². The fourth-order valence-electron chi connectivity index (χ4n) is 5.74. The van der Waals surface area contributed by atoms with Gasteiger partial charge in [-0.1, -0.05) is 36.4 Å². The van der Waals surface area contributed by atoms with E-state index in [2.05, 4.69) is 45.1 Å². The van der Waals surface area contributed by atoms with Crippen molar-refractivity contribution in [1.29, 1.82) is 0 Å². The molecule has 2 saturated heterocycles. The molecule has 38 heavy (non-hydrogen) atoms. The Hall–Kier alpha value is -3.42. The molecule has 0 spiro atoms. The van der Waals surface area contributed by atoms with Crippen LogP contribution in [0.15, 0.2) is 73.1 Å². The van der Waals surface area contributed by atoms with Crippen molar-refractivity contribution in [3.05, 3.63) is 89.7 Å².